The van der Waals surface area contributed by atoms with Crippen molar-refractivity contribution in [3.8, 4) is 0 Å². The van der Waals surface area contributed by atoms with Crippen LogP contribution in [0.2, 0.25) is 0 Å². The minimum absolute atomic E-state index is 0.463. The van der Waals surface area contributed by atoms with Gasteiger partial charge in [-0.3, -0.25) is 9.22 Å². The lowest BCUT2D eigenvalue weighted by Crippen LogP contribution is -2.06. The van der Waals surface area contributed by atoms with Crippen molar-refractivity contribution in [2.24, 2.45) is 0 Å². The molecule has 2 fully saturated rings. The fourth-order valence-corrected chi connectivity index (χ4v) is 1.22. The van der Waals surface area contributed by atoms with Crippen LogP contribution in [0.5, 0.6) is 0 Å². The van der Waals surface area contributed by atoms with Crippen LogP contribution in [-0.2, 0) is 9.47 Å². The van der Waals surface area contributed by atoms with Crippen molar-refractivity contribution in [2.45, 2.75) is 6.23 Å². The summed E-state index contributed by atoms with van der Waals surface area (Å²) in [6.45, 7) is 4.34. The van der Waals surface area contributed by atoms with Crippen LogP contribution >= 0.6 is 0 Å². The number of methoxy groups -OCH3 is 1. The van der Waals surface area contributed by atoms with Crippen LogP contribution in [-0.4, -0.2) is 44.2 Å². The molecule has 1 atom stereocenters. The second-order valence-corrected chi connectivity index (χ2v) is 2.88. The Hall–Kier alpha value is -0.120. The van der Waals surface area contributed by atoms with Gasteiger partial charge >= 0.3 is 0 Å². The molecule has 0 aliphatic carbocycles. The Balaban J connectivity index is 1.67. The highest BCUT2D eigenvalue weighted by Crippen LogP contribution is 2.40. The maximum absolute atomic E-state index is 5.33. The molecule has 0 radical (unpaired) electrons. The SMILES string of the molecule is COCOC1C[N+]12CC2. The molecule has 0 aromatic heterocycles. The molecular formula is C6H12NO2+. The van der Waals surface area contributed by atoms with Gasteiger partial charge in [-0.25, -0.2) is 0 Å². The van der Waals surface area contributed by atoms with Crippen LogP contribution in [0.1, 0.15) is 0 Å². The first-order valence-electron chi connectivity index (χ1n) is 3.34. The molecule has 3 nitrogen and oxygen atoms in total. The minimum Gasteiger partial charge on any atom is -0.358 e. The standard InChI is InChI=1S/C6H12NO2/c1-8-5-9-6-4-7(6)2-3-7/h6H,2-5H2,1H3/q+1. The number of ether oxygens (including phenoxy) is 2. The van der Waals surface area contributed by atoms with E-state index < -0.39 is 0 Å². The van der Waals surface area contributed by atoms with Gasteiger partial charge in [0.1, 0.15) is 13.1 Å². The summed E-state index contributed by atoms with van der Waals surface area (Å²) in [4.78, 5) is 0. The molecule has 2 heterocycles. The van der Waals surface area contributed by atoms with Crippen molar-refractivity contribution in [3.05, 3.63) is 0 Å². The molecule has 0 aromatic carbocycles. The Morgan fingerprint density at radius 2 is 2.33 bits per heavy atom. The van der Waals surface area contributed by atoms with Gasteiger partial charge in [0.2, 0.25) is 6.23 Å². The van der Waals surface area contributed by atoms with Gasteiger partial charge in [-0.15, -0.1) is 0 Å². The number of rotatable bonds is 3. The Bertz CT molecular complexity index is 122. The highest BCUT2D eigenvalue weighted by Gasteiger charge is 2.66. The molecule has 0 bridgehead atoms. The normalized spacial score (nSPS) is 35.0. The van der Waals surface area contributed by atoms with Crippen molar-refractivity contribution in [3.63, 3.8) is 0 Å². The summed E-state index contributed by atoms with van der Waals surface area (Å²) in [5.74, 6) is 0. The highest BCUT2D eigenvalue weighted by molar-refractivity contribution is 4.74. The first-order chi connectivity index (χ1) is 4.37. The number of hydrogen-bond acceptors (Lipinski definition) is 2. The van der Waals surface area contributed by atoms with Crippen LogP contribution in [0, 0.1) is 0 Å². The largest absolute Gasteiger partial charge is 0.358 e. The third kappa shape index (κ3) is 0.852. The fourth-order valence-electron chi connectivity index (χ4n) is 1.22. The molecule has 1 unspecified atom stereocenters. The first-order valence-corrected chi connectivity index (χ1v) is 3.34. The third-order valence-corrected chi connectivity index (χ3v) is 2.17. The van der Waals surface area contributed by atoms with Crippen molar-refractivity contribution >= 4 is 0 Å². The molecule has 2 rings (SSSR count). The topological polar surface area (TPSA) is 18.5 Å². The maximum Gasteiger partial charge on any atom is 0.246 e. The Morgan fingerprint density at radius 3 is 2.78 bits per heavy atom. The number of nitrogens with zero attached hydrogens (tertiary/aromatic N) is 1. The van der Waals surface area contributed by atoms with Crippen LogP contribution in [0.3, 0.4) is 0 Å². The number of hydrogen-bond donors (Lipinski definition) is 0. The minimum atomic E-state index is 0.463. The molecule has 1 spiro atoms. The van der Waals surface area contributed by atoms with Gasteiger partial charge in [-0.2, -0.15) is 0 Å². The van der Waals surface area contributed by atoms with E-state index in [1.807, 2.05) is 0 Å². The molecule has 3 heteroatoms. The van der Waals surface area contributed by atoms with Gasteiger partial charge < -0.3 is 4.74 Å². The second kappa shape index (κ2) is 1.68. The van der Waals surface area contributed by atoms with Gasteiger partial charge in [0, 0.05) is 7.11 Å². The predicted molar refractivity (Wildman–Crippen MR) is 31.6 cm³/mol. The van der Waals surface area contributed by atoms with Crippen LogP contribution in [0.25, 0.3) is 0 Å². The Morgan fingerprint density at radius 1 is 1.56 bits per heavy atom. The van der Waals surface area contributed by atoms with Gasteiger partial charge in [0.05, 0.1) is 0 Å². The Labute approximate surface area is 54.7 Å². The van der Waals surface area contributed by atoms with E-state index in [-0.39, 0.29) is 0 Å². The van der Waals surface area contributed by atoms with Crippen molar-refractivity contribution in [1.82, 2.24) is 0 Å². The lowest BCUT2D eigenvalue weighted by atomic mass is 10.9. The van der Waals surface area contributed by atoms with Gasteiger partial charge in [-0.1, -0.05) is 0 Å². The van der Waals surface area contributed by atoms with E-state index in [0.717, 1.165) is 0 Å². The summed E-state index contributed by atoms with van der Waals surface area (Å²) in [6, 6.07) is 0. The monoisotopic (exact) mass is 130 g/mol. The molecule has 0 saturated carbocycles. The molecule has 2 aliphatic rings. The van der Waals surface area contributed by atoms with Crippen LogP contribution < -0.4 is 0 Å². The molecule has 9 heavy (non-hydrogen) atoms. The van der Waals surface area contributed by atoms with E-state index in [1.165, 1.54) is 24.1 Å². The summed E-state index contributed by atoms with van der Waals surface area (Å²) < 4.78 is 11.3. The quantitative estimate of drug-likeness (QED) is 0.298. The lowest BCUT2D eigenvalue weighted by Gasteiger charge is -1.95. The van der Waals surface area contributed by atoms with E-state index in [0.29, 0.717) is 13.0 Å². The smallest absolute Gasteiger partial charge is 0.246 e. The molecule has 0 aromatic rings. The highest BCUT2D eigenvalue weighted by atomic mass is 16.7. The van der Waals surface area contributed by atoms with E-state index >= 15 is 0 Å². The summed E-state index contributed by atoms with van der Waals surface area (Å²) >= 11 is 0. The average molecular weight is 130 g/mol. The van der Waals surface area contributed by atoms with Crippen LogP contribution in [0.15, 0.2) is 0 Å². The first kappa shape index (κ1) is 5.65. The number of quaternary nitrogens is 1. The molecule has 52 valence electrons. The zero-order chi connectivity index (χ0) is 6.32. The van der Waals surface area contributed by atoms with E-state index in [4.69, 9.17) is 9.47 Å². The average Bonchev–Trinajstić information content (AvgIpc) is 2.72. The van der Waals surface area contributed by atoms with Gasteiger partial charge in [0.25, 0.3) is 0 Å². The van der Waals surface area contributed by atoms with Crippen LogP contribution in [0.4, 0.5) is 0 Å². The third-order valence-electron chi connectivity index (χ3n) is 2.17. The summed E-state index contributed by atoms with van der Waals surface area (Å²) in [7, 11) is 1.66. The Kier molecular flexibility index (Phi) is 1.06. The van der Waals surface area contributed by atoms with Gasteiger partial charge in [0.15, 0.2) is 13.3 Å². The summed E-state index contributed by atoms with van der Waals surface area (Å²) in [6.07, 6.45) is 0.491. The zero-order valence-corrected chi connectivity index (χ0v) is 5.67. The van der Waals surface area contributed by atoms with E-state index in [9.17, 15) is 0 Å². The van der Waals surface area contributed by atoms with Crippen molar-refractivity contribution in [1.29, 1.82) is 0 Å². The molecule has 0 N–H and O–H groups in total. The second-order valence-electron chi connectivity index (χ2n) is 2.88. The van der Waals surface area contributed by atoms with E-state index in [2.05, 4.69) is 0 Å². The predicted octanol–water partition coefficient (Wildman–Crippen LogP) is -0.223. The zero-order valence-electron chi connectivity index (χ0n) is 5.67. The lowest BCUT2D eigenvalue weighted by molar-refractivity contribution is -0.688. The van der Waals surface area contributed by atoms with Crippen molar-refractivity contribution in [2.75, 3.05) is 33.5 Å². The molecule has 2 saturated heterocycles. The van der Waals surface area contributed by atoms with Crippen molar-refractivity contribution < 1.29 is 14.0 Å². The molecular weight excluding hydrogens is 118 g/mol. The fraction of sp³-hybridized carbons (Fsp3) is 1.00. The van der Waals surface area contributed by atoms with Gasteiger partial charge in [-0.05, 0) is 0 Å². The maximum atomic E-state index is 5.33. The molecule has 2 aliphatic heterocycles. The summed E-state index contributed by atoms with van der Waals surface area (Å²) in [5, 5.41) is 0. The summed E-state index contributed by atoms with van der Waals surface area (Å²) in [5.41, 5.74) is 0. The van der Waals surface area contributed by atoms with E-state index in [1.54, 1.807) is 7.11 Å². The molecule has 0 amide bonds.